The summed E-state index contributed by atoms with van der Waals surface area (Å²) in [4.78, 5) is 4.17. The van der Waals surface area contributed by atoms with E-state index in [1.165, 1.54) is 0 Å². The predicted octanol–water partition coefficient (Wildman–Crippen LogP) is 3.70. The first-order valence-electron chi connectivity index (χ1n) is 5.79. The zero-order valence-corrected chi connectivity index (χ0v) is 10.1. The van der Waals surface area contributed by atoms with E-state index in [9.17, 15) is 13.2 Å². The minimum absolute atomic E-state index is 0.469. The molecule has 1 unspecified atom stereocenters. The SMILES string of the molecule is NC(CC(F)(F)F)c1ccc(-c2ccccn2)cc1. The Morgan fingerprint density at radius 2 is 1.74 bits per heavy atom. The van der Waals surface area contributed by atoms with Crippen LogP contribution in [0.15, 0.2) is 48.7 Å². The second-order valence-corrected chi connectivity index (χ2v) is 4.26. The maximum Gasteiger partial charge on any atom is 0.390 e. The van der Waals surface area contributed by atoms with Crippen LogP contribution < -0.4 is 5.73 Å². The number of benzene rings is 1. The summed E-state index contributed by atoms with van der Waals surface area (Å²) in [6, 6.07) is 11.1. The first kappa shape index (κ1) is 13.5. The molecule has 1 aromatic carbocycles. The fourth-order valence-electron chi connectivity index (χ4n) is 1.80. The topological polar surface area (TPSA) is 38.9 Å². The molecule has 0 spiro atoms. The summed E-state index contributed by atoms with van der Waals surface area (Å²) in [5.74, 6) is 0. The lowest BCUT2D eigenvalue weighted by Crippen LogP contribution is -2.20. The van der Waals surface area contributed by atoms with Crippen LogP contribution in [0, 0.1) is 0 Å². The van der Waals surface area contributed by atoms with E-state index < -0.39 is 18.6 Å². The van der Waals surface area contributed by atoms with Crippen molar-refractivity contribution in [1.29, 1.82) is 0 Å². The quantitative estimate of drug-likeness (QED) is 0.920. The average molecular weight is 266 g/mol. The summed E-state index contributed by atoms with van der Waals surface area (Å²) >= 11 is 0. The molecule has 2 aromatic rings. The van der Waals surface area contributed by atoms with Crippen LogP contribution in [0.25, 0.3) is 11.3 Å². The number of hydrogen-bond donors (Lipinski definition) is 1. The molecule has 0 aliphatic carbocycles. The maximum absolute atomic E-state index is 12.2. The molecule has 0 radical (unpaired) electrons. The zero-order valence-electron chi connectivity index (χ0n) is 10.1. The van der Waals surface area contributed by atoms with Gasteiger partial charge in [0.05, 0.1) is 12.1 Å². The molecule has 0 fully saturated rings. The van der Waals surface area contributed by atoms with Crippen LogP contribution in [0.5, 0.6) is 0 Å². The number of rotatable bonds is 3. The monoisotopic (exact) mass is 266 g/mol. The molecule has 19 heavy (non-hydrogen) atoms. The Balaban J connectivity index is 2.15. The van der Waals surface area contributed by atoms with Crippen molar-refractivity contribution in [3.8, 4) is 11.3 Å². The van der Waals surface area contributed by atoms with Gasteiger partial charge in [0.15, 0.2) is 0 Å². The van der Waals surface area contributed by atoms with Gasteiger partial charge < -0.3 is 5.73 Å². The Hall–Kier alpha value is -1.88. The van der Waals surface area contributed by atoms with Crippen molar-refractivity contribution in [2.24, 2.45) is 5.73 Å². The van der Waals surface area contributed by atoms with Crippen LogP contribution in [0.2, 0.25) is 0 Å². The highest BCUT2D eigenvalue weighted by atomic mass is 19.4. The summed E-state index contributed by atoms with van der Waals surface area (Å²) in [6.45, 7) is 0. The zero-order chi connectivity index (χ0) is 13.9. The van der Waals surface area contributed by atoms with Crippen LogP contribution in [-0.4, -0.2) is 11.2 Å². The molecule has 0 aliphatic rings. The van der Waals surface area contributed by atoms with Crippen molar-refractivity contribution in [3.05, 3.63) is 54.2 Å². The van der Waals surface area contributed by atoms with Gasteiger partial charge in [-0.05, 0) is 17.7 Å². The number of nitrogens with zero attached hydrogens (tertiary/aromatic N) is 1. The summed E-state index contributed by atoms with van der Waals surface area (Å²) in [5, 5.41) is 0. The lowest BCUT2D eigenvalue weighted by Gasteiger charge is -2.14. The van der Waals surface area contributed by atoms with E-state index in [2.05, 4.69) is 4.98 Å². The Bertz CT molecular complexity index is 521. The third-order valence-corrected chi connectivity index (χ3v) is 2.75. The smallest absolute Gasteiger partial charge is 0.324 e. The lowest BCUT2D eigenvalue weighted by atomic mass is 10.0. The third kappa shape index (κ3) is 3.79. The highest BCUT2D eigenvalue weighted by molar-refractivity contribution is 5.59. The summed E-state index contributed by atoms with van der Waals surface area (Å²) in [7, 11) is 0. The molecule has 2 N–H and O–H groups in total. The first-order valence-corrected chi connectivity index (χ1v) is 5.79. The highest BCUT2D eigenvalue weighted by Gasteiger charge is 2.30. The standard InChI is InChI=1S/C14H13F3N2/c15-14(16,17)9-12(18)10-4-6-11(7-5-10)13-3-1-2-8-19-13/h1-8,12H,9,18H2. The second kappa shape index (κ2) is 5.40. The van der Waals surface area contributed by atoms with Gasteiger partial charge in [-0.1, -0.05) is 30.3 Å². The second-order valence-electron chi connectivity index (χ2n) is 4.26. The van der Waals surface area contributed by atoms with Crippen molar-refractivity contribution in [2.45, 2.75) is 18.6 Å². The fourth-order valence-corrected chi connectivity index (χ4v) is 1.80. The molecule has 0 bridgehead atoms. The van der Waals surface area contributed by atoms with Crippen LogP contribution in [0.3, 0.4) is 0 Å². The van der Waals surface area contributed by atoms with E-state index in [0.717, 1.165) is 11.3 Å². The molecule has 5 heteroatoms. The van der Waals surface area contributed by atoms with Crippen molar-refractivity contribution in [1.82, 2.24) is 4.98 Å². The number of halogens is 3. The fraction of sp³-hybridized carbons (Fsp3) is 0.214. The Kier molecular flexibility index (Phi) is 3.85. The summed E-state index contributed by atoms with van der Waals surface area (Å²) < 4.78 is 36.7. The first-order chi connectivity index (χ1) is 8.96. The molecule has 0 aliphatic heterocycles. The molecule has 0 saturated heterocycles. The number of nitrogens with two attached hydrogens (primary N) is 1. The molecule has 1 heterocycles. The number of alkyl halides is 3. The van der Waals surface area contributed by atoms with Gasteiger partial charge in [0.1, 0.15) is 0 Å². The van der Waals surface area contributed by atoms with Crippen LogP contribution in [0.1, 0.15) is 18.0 Å². The normalized spacial score (nSPS) is 13.3. The van der Waals surface area contributed by atoms with Gasteiger partial charge in [0, 0.05) is 17.8 Å². The van der Waals surface area contributed by atoms with Gasteiger partial charge in [-0.25, -0.2) is 0 Å². The van der Waals surface area contributed by atoms with E-state index in [4.69, 9.17) is 5.73 Å². The highest BCUT2D eigenvalue weighted by Crippen LogP contribution is 2.28. The maximum atomic E-state index is 12.2. The van der Waals surface area contributed by atoms with Crippen LogP contribution in [-0.2, 0) is 0 Å². The predicted molar refractivity (Wildman–Crippen MR) is 67.3 cm³/mol. The average Bonchev–Trinajstić information content (AvgIpc) is 2.38. The van der Waals surface area contributed by atoms with Crippen molar-refractivity contribution < 1.29 is 13.2 Å². The van der Waals surface area contributed by atoms with E-state index >= 15 is 0 Å². The number of pyridine rings is 1. The third-order valence-electron chi connectivity index (χ3n) is 2.75. The van der Waals surface area contributed by atoms with Gasteiger partial charge in [0.25, 0.3) is 0 Å². The number of aromatic nitrogens is 1. The van der Waals surface area contributed by atoms with E-state index in [-0.39, 0.29) is 0 Å². The molecule has 1 aromatic heterocycles. The minimum Gasteiger partial charge on any atom is -0.324 e. The molecule has 2 nitrogen and oxygen atoms in total. The molecular formula is C14H13F3N2. The van der Waals surface area contributed by atoms with Crippen LogP contribution in [0.4, 0.5) is 13.2 Å². The van der Waals surface area contributed by atoms with Crippen molar-refractivity contribution in [2.75, 3.05) is 0 Å². The molecule has 2 rings (SSSR count). The van der Waals surface area contributed by atoms with E-state index in [1.54, 1.807) is 36.5 Å². The summed E-state index contributed by atoms with van der Waals surface area (Å²) in [6.07, 6.45) is -3.60. The van der Waals surface area contributed by atoms with Gasteiger partial charge in [-0.2, -0.15) is 13.2 Å². The Morgan fingerprint density at radius 3 is 2.26 bits per heavy atom. The van der Waals surface area contributed by atoms with Crippen molar-refractivity contribution in [3.63, 3.8) is 0 Å². The minimum atomic E-state index is -4.25. The Labute approximate surface area is 109 Å². The van der Waals surface area contributed by atoms with Crippen LogP contribution >= 0.6 is 0 Å². The largest absolute Gasteiger partial charge is 0.390 e. The van der Waals surface area contributed by atoms with Gasteiger partial charge in [0.2, 0.25) is 0 Å². The van der Waals surface area contributed by atoms with Gasteiger partial charge in [-0.15, -0.1) is 0 Å². The molecular weight excluding hydrogens is 253 g/mol. The Morgan fingerprint density at radius 1 is 1.05 bits per heavy atom. The molecule has 0 saturated carbocycles. The molecule has 0 amide bonds. The molecule has 1 atom stereocenters. The van der Waals surface area contributed by atoms with Crippen molar-refractivity contribution >= 4 is 0 Å². The van der Waals surface area contributed by atoms with E-state index in [0.29, 0.717) is 5.56 Å². The molecule has 100 valence electrons. The summed E-state index contributed by atoms with van der Waals surface area (Å²) in [5.41, 5.74) is 7.63. The van der Waals surface area contributed by atoms with Gasteiger partial charge in [-0.3, -0.25) is 4.98 Å². The lowest BCUT2D eigenvalue weighted by molar-refractivity contribution is -0.138. The van der Waals surface area contributed by atoms with E-state index in [1.807, 2.05) is 12.1 Å². The number of hydrogen-bond acceptors (Lipinski definition) is 2. The van der Waals surface area contributed by atoms with Gasteiger partial charge >= 0.3 is 6.18 Å².